The molecule has 1 atom stereocenters. The molecule has 11 heteroatoms. The summed E-state index contributed by atoms with van der Waals surface area (Å²) in [6.45, 7) is 1.92. The number of piperidine rings is 1. The molecule has 0 saturated carbocycles. The van der Waals surface area contributed by atoms with E-state index in [1.807, 2.05) is 0 Å². The molecule has 1 amide bonds. The Balaban J connectivity index is 1.35. The topological polar surface area (TPSA) is 74.7 Å². The normalized spacial score (nSPS) is 16.3. The number of aromatic nitrogens is 1. The van der Waals surface area contributed by atoms with Crippen LogP contribution >= 0.6 is 23.4 Å². The second kappa shape index (κ2) is 13.2. The average Bonchev–Trinajstić information content (AvgIpc) is 2.96. The Morgan fingerprint density at radius 2 is 2.05 bits per heavy atom. The molecule has 3 aromatic rings. The number of hydrogen-bond donors (Lipinski definition) is 2. The molecular weight excluding hydrogens is 551 g/mol. The summed E-state index contributed by atoms with van der Waals surface area (Å²) in [5, 5.41) is 10.2. The van der Waals surface area contributed by atoms with Gasteiger partial charge < -0.3 is 9.64 Å². The maximum atomic E-state index is 15.7. The molecule has 0 radical (unpaired) electrons. The van der Waals surface area contributed by atoms with E-state index >= 15 is 4.39 Å². The molecule has 0 aliphatic carbocycles. The first-order chi connectivity index (χ1) is 18.8. The van der Waals surface area contributed by atoms with E-state index in [1.54, 1.807) is 29.7 Å². The number of methoxy groups -OCH3 is 1. The molecule has 6 nitrogen and oxygen atoms in total. The first-order valence-corrected chi connectivity index (χ1v) is 14.1. The van der Waals surface area contributed by atoms with Gasteiger partial charge in [0.1, 0.15) is 11.9 Å². The number of nitrogens with one attached hydrogen (secondary N) is 1. The van der Waals surface area contributed by atoms with Gasteiger partial charge >= 0.3 is 0 Å². The Labute approximate surface area is 234 Å². The fraction of sp³-hybridized carbons (Fsp3) is 0.429. The minimum absolute atomic E-state index is 0.0410. The first kappa shape index (κ1) is 29.5. The number of carbonyl (C=O) groups is 1. The third-order valence-corrected chi connectivity index (χ3v) is 8.87. The van der Waals surface area contributed by atoms with Gasteiger partial charge in [0.25, 0.3) is 0 Å². The molecule has 0 bridgehead atoms. The predicted octanol–water partition coefficient (Wildman–Crippen LogP) is 6.74. The number of thioether (sulfide) groups is 1. The smallest absolute Gasteiger partial charge is 0.249 e. The van der Waals surface area contributed by atoms with Crippen LogP contribution in [0.25, 0.3) is 10.9 Å². The van der Waals surface area contributed by atoms with E-state index in [-0.39, 0.29) is 22.8 Å². The summed E-state index contributed by atoms with van der Waals surface area (Å²) in [6, 6.07) is 9.32. The zero-order chi connectivity index (χ0) is 28.0. The molecule has 39 heavy (non-hydrogen) atoms. The van der Waals surface area contributed by atoms with Crippen LogP contribution in [0.5, 0.6) is 5.75 Å². The number of pyridine rings is 1. The van der Waals surface area contributed by atoms with E-state index in [4.69, 9.17) is 16.3 Å². The summed E-state index contributed by atoms with van der Waals surface area (Å²) in [4.78, 5) is 19.5. The Kier molecular flexibility index (Phi) is 9.98. The summed E-state index contributed by atoms with van der Waals surface area (Å²) < 4.78 is 48.2. The van der Waals surface area contributed by atoms with Crippen LogP contribution in [0, 0.1) is 17.0 Å². The van der Waals surface area contributed by atoms with E-state index in [0.717, 1.165) is 19.0 Å². The van der Waals surface area contributed by atoms with Gasteiger partial charge in [-0.05, 0) is 87.8 Å². The molecular formula is C28H31ClF3N3O3S. The number of ether oxygens (including phenoxy) is 1. The van der Waals surface area contributed by atoms with Gasteiger partial charge in [-0.3, -0.25) is 15.0 Å². The Morgan fingerprint density at radius 1 is 1.28 bits per heavy atom. The van der Waals surface area contributed by atoms with Crippen molar-refractivity contribution < 1.29 is 27.9 Å². The molecule has 2 N–H and O–H groups in total. The van der Waals surface area contributed by atoms with Crippen molar-refractivity contribution in [1.29, 1.82) is 0 Å². The molecule has 1 aliphatic rings. The van der Waals surface area contributed by atoms with Crippen LogP contribution in [0.3, 0.4) is 0 Å². The van der Waals surface area contributed by atoms with Gasteiger partial charge in [0.15, 0.2) is 11.6 Å². The van der Waals surface area contributed by atoms with Gasteiger partial charge in [0.05, 0.1) is 23.1 Å². The summed E-state index contributed by atoms with van der Waals surface area (Å²) in [5.41, 5.74) is 1.77. The van der Waals surface area contributed by atoms with Crippen molar-refractivity contribution in [2.45, 2.75) is 43.2 Å². The summed E-state index contributed by atoms with van der Waals surface area (Å²) in [6.07, 6.45) is 1.91. The van der Waals surface area contributed by atoms with Crippen molar-refractivity contribution in [2.24, 2.45) is 5.41 Å². The molecule has 2 heterocycles. The van der Waals surface area contributed by atoms with Crippen LogP contribution in [0.4, 0.5) is 13.2 Å². The van der Waals surface area contributed by atoms with Crippen molar-refractivity contribution >= 4 is 40.2 Å². The average molecular weight is 582 g/mol. The maximum Gasteiger partial charge on any atom is 0.249 e. The van der Waals surface area contributed by atoms with E-state index in [1.165, 1.54) is 31.1 Å². The number of fused-ring (bicyclic) bond motifs is 1. The number of amides is 1. The number of nitrogens with zero attached hydrogens (tertiary/aromatic N) is 2. The van der Waals surface area contributed by atoms with E-state index in [9.17, 15) is 18.8 Å². The minimum atomic E-state index is -1.45. The Bertz CT molecular complexity index is 1310. The molecule has 2 aromatic carbocycles. The SMILES string of the molecule is COc1ccc2ncc(Cl)c(C(F)CCC3(C(=O)NO)CCN(CCCSc4cccc(F)c4F)CC3)c2c1. The number of benzene rings is 2. The molecule has 1 fully saturated rings. The fourth-order valence-corrected chi connectivity index (χ4v) is 6.30. The number of halogens is 4. The largest absolute Gasteiger partial charge is 0.497 e. The summed E-state index contributed by atoms with van der Waals surface area (Å²) in [7, 11) is 1.53. The second-order valence-corrected chi connectivity index (χ2v) is 11.3. The monoisotopic (exact) mass is 581 g/mol. The van der Waals surface area contributed by atoms with Crippen molar-refractivity contribution in [3.8, 4) is 5.75 Å². The van der Waals surface area contributed by atoms with Crippen molar-refractivity contribution in [3.05, 3.63) is 64.8 Å². The number of alkyl halides is 1. The maximum absolute atomic E-state index is 15.7. The lowest BCUT2D eigenvalue weighted by molar-refractivity contribution is -0.143. The van der Waals surface area contributed by atoms with Gasteiger partial charge in [-0.15, -0.1) is 11.8 Å². The predicted molar refractivity (Wildman–Crippen MR) is 146 cm³/mol. The van der Waals surface area contributed by atoms with Crippen molar-refractivity contribution in [2.75, 3.05) is 32.5 Å². The summed E-state index contributed by atoms with van der Waals surface area (Å²) in [5.74, 6) is -1.02. The highest BCUT2D eigenvalue weighted by atomic mass is 35.5. The van der Waals surface area contributed by atoms with E-state index in [2.05, 4.69) is 9.88 Å². The molecule has 1 aromatic heterocycles. The summed E-state index contributed by atoms with van der Waals surface area (Å²) >= 11 is 7.63. The van der Waals surface area contributed by atoms with Gasteiger partial charge in [-0.2, -0.15) is 0 Å². The number of likely N-dealkylation sites (tertiary alicyclic amines) is 1. The third-order valence-electron chi connectivity index (χ3n) is 7.45. The number of rotatable bonds is 11. The molecule has 1 saturated heterocycles. The standard InChI is InChI=1S/C28H31ClF3N3O3S/c1-38-18-6-7-23-19(16-18)25(20(29)17-33-23)21(30)8-9-28(27(36)34-37)10-13-35(14-11-28)12-3-15-39-24-5-2-4-22(31)26(24)32/h2,4-7,16-17,21,37H,3,8-15H2,1H3,(H,34,36). The lowest BCUT2D eigenvalue weighted by Gasteiger charge is -2.40. The van der Waals surface area contributed by atoms with Crippen LogP contribution < -0.4 is 10.2 Å². The fourth-order valence-electron chi connectivity index (χ4n) is 5.14. The van der Waals surface area contributed by atoms with Gasteiger partial charge in [0.2, 0.25) is 5.91 Å². The van der Waals surface area contributed by atoms with Crippen LogP contribution in [0.15, 0.2) is 47.5 Å². The van der Waals surface area contributed by atoms with Gasteiger partial charge in [-0.1, -0.05) is 17.7 Å². The van der Waals surface area contributed by atoms with E-state index < -0.39 is 29.1 Å². The first-order valence-electron chi connectivity index (χ1n) is 12.8. The zero-order valence-corrected chi connectivity index (χ0v) is 23.1. The lowest BCUT2D eigenvalue weighted by Crippen LogP contribution is -2.48. The third kappa shape index (κ3) is 6.80. The van der Waals surface area contributed by atoms with Gasteiger partial charge in [0, 0.05) is 22.0 Å². The van der Waals surface area contributed by atoms with Crippen LogP contribution in [-0.2, 0) is 4.79 Å². The number of carbonyl (C=O) groups excluding carboxylic acids is 1. The van der Waals surface area contributed by atoms with Crippen LogP contribution in [0.1, 0.15) is 43.8 Å². The minimum Gasteiger partial charge on any atom is -0.497 e. The highest BCUT2D eigenvalue weighted by molar-refractivity contribution is 7.99. The molecule has 1 aliphatic heterocycles. The zero-order valence-electron chi connectivity index (χ0n) is 21.6. The second-order valence-electron chi connectivity index (χ2n) is 9.73. The number of hydrogen-bond acceptors (Lipinski definition) is 6. The Hall–Kier alpha value is -2.53. The lowest BCUT2D eigenvalue weighted by atomic mass is 9.73. The van der Waals surface area contributed by atoms with Gasteiger partial charge in [-0.25, -0.2) is 18.7 Å². The molecule has 0 spiro atoms. The highest BCUT2D eigenvalue weighted by Crippen LogP contribution is 2.42. The number of hydroxylamine groups is 1. The van der Waals surface area contributed by atoms with E-state index in [0.29, 0.717) is 53.9 Å². The molecule has 210 valence electrons. The highest BCUT2D eigenvalue weighted by Gasteiger charge is 2.41. The Morgan fingerprint density at radius 3 is 2.77 bits per heavy atom. The van der Waals surface area contributed by atoms with Crippen LogP contribution in [-0.4, -0.2) is 53.5 Å². The quantitative estimate of drug-likeness (QED) is 0.113. The van der Waals surface area contributed by atoms with Crippen molar-refractivity contribution in [3.63, 3.8) is 0 Å². The molecule has 1 unspecified atom stereocenters. The van der Waals surface area contributed by atoms with Crippen LogP contribution in [0.2, 0.25) is 5.02 Å². The van der Waals surface area contributed by atoms with Crippen molar-refractivity contribution in [1.82, 2.24) is 15.4 Å². The molecule has 4 rings (SSSR count).